The molecule has 137 heavy (non-hydrogen) atoms. The van der Waals surface area contributed by atoms with Gasteiger partial charge in [-0.3, -0.25) is 48.8 Å². The normalized spacial score (nSPS) is 21.1. The van der Waals surface area contributed by atoms with Gasteiger partial charge in [-0.05, 0) is 127 Å². The van der Waals surface area contributed by atoms with Gasteiger partial charge in [0.15, 0.2) is 0 Å². The monoisotopic (exact) mass is 1960 g/mol. The van der Waals surface area contributed by atoms with Crippen molar-refractivity contribution in [3.8, 4) is 11.1 Å². The number of carbonyl (C=O) groups is 11. The number of aliphatic imine (C=N–C) groups is 1. The first-order valence-electron chi connectivity index (χ1n) is 49.5. The molecule has 748 valence electrons. The molecule has 0 aromatic heterocycles. The fourth-order valence-corrected chi connectivity index (χ4v) is 17.2. The molecule has 2 saturated carbocycles. The second kappa shape index (κ2) is 63.8. The first-order valence-corrected chi connectivity index (χ1v) is 47.5. The number of hydrogen-bond acceptors (Lipinski definition) is 19. The summed E-state index contributed by atoms with van der Waals surface area (Å²) >= 11 is 0. The average Bonchev–Trinajstić information content (AvgIpc) is 1.61. The van der Waals surface area contributed by atoms with E-state index in [1.54, 1.807) is 21.0 Å². The minimum atomic E-state index is -1.10. The molecule has 5 fully saturated rings. The third kappa shape index (κ3) is 37.8. The Hall–Kier alpha value is -7.96. The van der Waals surface area contributed by atoms with E-state index >= 15 is 0 Å². The predicted molar refractivity (Wildman–Crippen MR) is 525 cm³/mol. The number of ether oxygens (including phenoxy) is 4. The van der Waals surface area contributed by atoms with E-state index in [0.29, 0.717) is 83.8 Å². The van der Waals surface area contributed by atoms with Crippen LogP contribution in [0.2, 0.25) is 0 Å². The molecule has 11 rings (SSSR count). The van der Waals surface area contributed by atoms with Crippen LogP contribution in [0.3, 0.4) is 0 Å². The number of rotatable bonds is 39. The first kappa shape index (κ1) is 118. The third-order valence-corrected chi connectivity index (χ3v) is 25.4. The summed E-state index contributed by atoms with van der Waals surface area (Å²) in [7, 11) is 5.81. The van der Waals surface area contributed by atoms with Crippen molar-refractivity contribution >= 4 is 77.9 Å². The van der Waals surface area contributed by atoms with Gasteiger partial charge in [-0.15, -0.1) is 0 Å². The molecule has 12 N–H and O–H groups in total. The average molecular weight is 1960 g/mol. The van der Waals surface area contributed by atoms with Crippen LogP contribution in [0.1, 0.15) is 220 Å². The summed E-state index contributed by atoms with van der Waals surface area (Å²) in [5.41, 5.74) is 31.8. The number of benzene rings is 5. The van der Waals surface area contributed by atoms with Gasteiger partial charge in [0.25, 0.3) is 0 Å². The van der Waals surface area contributed by atoms with E-state index in [9.17, 15) is 57.8 Å². The van der Waals surface area contributed by atoms with Crippen LogP contribution in [0.4, 0.5) is 9.59 Å². The Balaban J connectivity index is 0.000000729. The second-order valence-corrected chi connectivity index (χ2v) is 35.8. The molecule has 5 aromatic carbocycles. The summed E-state index contributed by atoms with van der Waals surface area (Å²) in [4.78, 5) is 149. The molecule has 3 aliphatic heterocycles. The number of likely N-dealkylation sites (tertiary alicyclic amines) is 3. The van der Waals surface area contributed by atoms with Gasteiger partial charge in [0.2, 0.25) is 47.3 Å². The molecule has 3 heterocycles. The summed E-state index contributed by atoms with van der Waals surface area (Å²) in [5.74, 6) is -2.29. The molecule has 0 radical (unpaired) electrons. The van der Waals surface area contributed by atoms with Crippen LogP contribution in [0, 0.1) is 41.4 Å². The zero-order valence-electron chi connectivity index (χ0n) is 87.7. The predicted octanol–water partition coefficient (Wildman–Crippen LogP) is 5.85. The van der Waals surface area contributed by atoms with Crippen molar-refractivity contribution in [3.05, 3.63) is 179 Å². The van der Waals surface area contributed by atoms with Crippen LogP contribution in [0.5, 0.6) is 0 Å². The fourth-order valence-electron chi connectivity index (χ4n) is 17.2. The molecule has 5 aromatic rings. The Morgan fingerprint density at radius 3 is 1.25 bits per heavy atom. The van der Waals surface area contributed by atoms with Gasteiger partial charge in [-0.2, -0.15) is 5.10 Å². The molecule has 3 saturated heterocycles. The zero-order valence-corrected chi connectivity index (χ0v) is 90.0. The maximum Gasteiger partial charge on any atom is 1.00 e. The number of nitrogens with one attached hydrogen (secondary N) is 12. The van der Waals surface area contributed by atoms with Crippen molar-refractivity contribution in [1.29, 1.82) is 0 Å². The van der Waals surface area contributed by atoms with E-state index < -0.39 is 78.4 Å². The van der Waals surface area contributed by atoms with Gasteiger partial charge in [0.1, 0.15) is 36.5 Å². The Bertz CT molecular complexity index is 4550. The zero-order chi connectivity index (χ0) is 101. The molecule has 12 amide bonds. The van der Waals surface area contributed by atoms with Crippen LogP contribution in [-0.2, 0) is 81.9 Å². The van der Waals surface area contributed by atoms with Crippen LogP contribution >= 0.6 is 0 Å². The van der Waals surface area contributed by atoms with Crippen molar-refractivity contribution in [3.63, 3.8) is 0 Å². The van der Waals surface area contributed by atoms with Crippen molar-refractivity contribution in [2.75, 3.05) is 60.0 Å². The van der Waals surface area contributed by atoms with Crippen LogP contribution in [-0.4, -0.2) is 225 Å². The van der Waals surface area contributed by atoms with Gasteiger partial charge in [-0.25, -0.2) is 20.4 Å². The van der Waals surface area contributed by atoms with Crippen molar-refractivity contribution in [1.82, 2.24) is 68.2 Å². The number of urea groups is 2. The number of amides is 12. The number of hydrazone groups is 1. The van der Waals surface area contributed by atoms with Gasteiger partial charge >= 0.3 is 115 Å². The molecule has 35 heteroatoms. The fraction of sp³-hybridized carbons (Fsp3) is 0.578. The molecule has 0 unspecified atom stereocenters. The van der Waals surface area contributed by atoms with Crippen molar-refractivity contribution in [2.24, 2.45) is 51.5 Å². The van der Waals surface area contributed by atoms with E-state index in [1.165, 1.54) is 35.7 Å². The summed E-state index contributed by atoms with van der Waals surface area (Å²) < 4.78 is 35.5. The van der Waals surface area contributed by atoms with Gasteiger partial charge in [0, 0.05) is 112 Å². The topological polar surface area (TPSA) is 450 Å². The SMILES string of the molecule is CC.CC[C@@H](/C=N/NC(=O)NCC1CCC(C(=O)NC)CC1)NC(=O)[C@@H]1C[C@@H](OCc2ccccc2)CN1C(=O)[C@@H](N=C([O-])OCC1c2ccccc2-c2ccccc21)C(C)C.CC[C@@H](C=O)NC(=O)[C@@H]1C[C@@H](OCc2ccccc2)CN1C(=O)[C@@H]([NH-])C(C)C.CC[C@@H](CNNC(=O)NCC1CCC(C(=O)NC)CC1)NC(=O)[C@@H]1C[C@@H](OCc2ccccc2)CN1C(=O)[C@@H]([NH-])C(C)C.[3H-].[3H-].[3H]C.[3H]C.[K+].[K+]. The van der Waals surface area contributed by atoms with Crippen LogP contribution in [0.25, 0.3) is 22.6 Å². The summed E-state index contributed by atoms with van der Waals surface area (Å²) in [6.07, 6.45) is 9.48. The summed E-state index contributed by atoms with van der Waals surface area (Å²) in [6, 6.07) is 37.6. The minimum absolute atomic E-state index is 0. The van der Waals surface area contributed by atoms with Crippen molar-refractivity contribution in [2.45, 2.75) is 279 Å². The summed E-state index contributed by atoms with van der Waals surface area (Å²) in [5, 5.41) is 37.3. The molecule has 6 aliphatic rings. The van der Waals surface area contributed by atoms with E-state index in [-0.39, 0.29) is 239 Å². The number of fused-ring (bicyclic) bond motifs is 3. The van der Waals surface area contributed by atoms with E-state index in [4.69, 9.17) is 33.2 Å². The second-order valence-electron chi connectivity index (χ2n) is 35.8. The number of nitrogens with zero attached hydrogens (tertiary/aromatic N) is 5. The number of aldehydes is 1. The Labute approximate surface area is 903 Å². The summed E-state index contributed by atoms with van der Waals surface area (Å²) in [6.45, 7) is 23.6. The smallest absolute Gasteiger partial charge is 1.00 e. The molecular weight excluding hydrogens is 1800 g/mol. The largest absolute Gasteiger partial charge is 1.00 e. The third-order valence-electron chi connectivity index (χ3n) is 25.4. The number of hydrogen-bond donors (Lipinski definition) is 10. The van der Waals surface area contributed by atoms with E-state index in [1.807, 2.05) is 197 Å². The molecule has 33 nitrogen and oxygen atoms in total. The van der Waals surface area contributed by atoms with Gasteiger partial charge < -0.3 is 95.1 Å². The van der Waals surface area contributed by atoms with Crippen LogP contribution in [0.15, 0.2) is 150 Å². The minimum Gasteiger partial charge on any atom is -1.00 e. The Kier molecular flexibility index (Phi) is 54.8. The quantitative estimate of drug-likeness (QED) is 0.00725. The molecule has 12 atom stereocenters. The number of hydrazine groups is 1. The molecule has 0 spiro atoms. The number of carbonyl (C=O) groups excluding carboxylic acids is 11. The molecular formula is C102H154K2N17O16-3. The maximum atomic E-state index is 14.4. The van der Waals surface area contributed by atoms with Crippen LogP contribution < -0.4 is 161 Å². The first-order chi connectivity index (χ1) is 66.0. The van der Waals surface area contributed by atoms with E-state index in [2.05, 4.69) is 75.7 Å². The van der Waals surface area contributed by atoms with E-state index in [0.717, 1.165) is 90.3 Å². The van der Waals surface area contributed by atoms with Crippen molar-refractivity contribution < 1.29 is 185 Å². The van der Waals surface area contributed by atoms with Gasteiger partial charge in [0.05, 0.1) is 50.2 Å². The molecule has 0 bridgehead atoms. The Morgan fingerprint density at radius 1 is 0.504 bits per heavy atom. The standard InChI is InChI=1S/C46H59N7O7.C31H50N7O5.C21H30N3O4.C2H6.2CH4.2K.2H/c1-5-33(25-49-52-45(57)48-24-30-19-21-32(22-20-30)42(54)47-4)50-43(55)40-23-34(59-27-31-13-7-6-8-14-31)26-53(40)44(56)41(29(2)3)51-46(58)60-28-39-37-17-11-9-15-35(37)36-16-10-12-18-38(36)39;1-5-24(17-35-37-31(42)34-16-21-11-13-23(14-12-21)28(39)33-4)36-29(40)26-15-25(43-19-22-9-7-6-8-10-22)18-38(26)30(41)27(32)20(2)3;1-4-16(12-25)23-20(26)18-10-17(28-13-15-8-6-5-7-9-15)11-24(18)21(27)19(22)14(2)3;1-2;;;;;;/h6-18,25,29-30,32-34,39-41H,5,19-24,26-28H2,1-4H3,(H,47,54)(H,50,55)(H,51,58)(H2,48,52,57);6-10,20-21,23-27,32,35H,5,11-19H2,1-4H3,(H,33,39)(H,36,40)(H2,34,37,42);5-9,12,14,16-19,22H,4,10-11,13H2,1-3H3,(H,23,26);1-2H3;2*1H4;;;;/q;2*-1;;;;2*+1;2*-1/p-1/b49-25+;;;;;;;;;/t30?,32?,33-,34+,40-,41-;21?,23?,24-,25+,26-,27-;16-,17+,18-,19-;;;;;;;/m000......./s1/i;;;;2*1T;;;2*1+2. The Morgan fingerprint density at radius 2 is 0.876 bits per heavy atom. The molecule has 3 aliphatic carbocycles. The van der Waals surface area contributed by atoms with Gasteiger partial charge in [-0.1, -0.05) is 254 Å². The maximum absolute atomic E-state index is 14.4.